The van der Waals surface area contributed by atoms with Gasteiger partial charge in [0.2, 0.25) is 5.91 Å². The van der Waals surface area contributed by atoms with Gasteiger partial charge < -0.3 is 14.4 Å². The van der Waals surface area contributed by atoms with Gasteiger partial charge >= 0.3 is 5.97 Å². The third kappa shape index (κ3) is 2.85. The molecule has 1 heterocycles. The first-order valence-electron chi connectivity index (χ1n) is 7.72. The summed E-state index contributed by atoms with van der Waals surface area (Å²) in [5.74, 6) is -0.0229. The molecule has 1 aliphatic rings. The van der Waals surface area contributed by atoms with Crippen molar-refractivity contribution in [1.29, 1.82) is 0 Å². The van der Waals surface area contributed by atoms with Gasteiger partial charge in [0.1, 0.15) is 12.3 Å². The molecule has 2 atom stereocenters. The zero-order valence-corrected chi connectivity index (χ0v) is 13.6. The number of methoxy groups -OCH3 is 2. The molecule has 0 radical (unpaired) electrons. The molecule has 5 heteroatoms. The second-order valence-electron chi connectivity index (χ2n) is 5.65. The van der Waals surface area contributed by atoms with Crippen LogP contribution in [0.2, 0.25) is 0 Å². The number of ether oxygens (including phenoxy) is 2. The lowest BCUT2D eigenvalue weighted by atomic mass is 9.78. The summed E-state index contributed by atoms with van der Waals surface area (Å²) >= 11 is 0. The van der Waals surface area contributed by atoms with Gasteiger partial charge in [-0.15, -0.1) is 0 Å². The van der Waals surface area contributed by atoms with Crippen LogP contribution in [0.4, 0.5) is 0 Å². The fourth-order valence-electron chi connectivity index (χ4n) is 3.09. The predicted molar refractivity (Wildman–Crippen MR) is 88.6 cm³/mol. The SMILES string of the molecule is COC(=O)CN1C(=O)[C@H](c2ccccc2)[C@H]1c1ccc(OC)cc1. The maximum atomic E-state index is 12.6. The van der Waals surface area contributed by atoms with E-state index in [4.69, 9.17) is 9.47 Å². The van der Waals surface area contributed by atoms with Crippen LogP contribution in [0.5, 0.6) is 5.75 Å². The predicted octanol–water partition coefficient (Wildman–Crippen LogP) is 2.54. The van der Waals surface area contributed by atoms with Gasteiger partial charge in [-0.2, -0.15) is 0 Å². The average Bonchev–Trinajstić information content (AvgIpc) is 2.64. The van der Waals surface area contributed by atoms with Gasteiger partial charge in [0.15, 0.2) is 0 Å². The van der Waals surface area contributed by atoms with Gasteiger partial charge in [0.05, 0.1) is 26.2 Å². The highest BCUT2D eigenvalue weighted by Crippen LogP contribution is 2.46. The van der Waals surface area contributed by atoms with E-state index in [0.29, 0.717) is 0 Å². The zero-order chi connectivity index (χ0) is 17.1. The maximum Gasteiger partial charge on any atom is 0.325 e. The largest absolute Gasteiger partial charge is 0.497 e. The van der Waals surface area contributed by atoms with E-state index in [2.05, 4.69) is 0 Å². The van der Waals surface area contributed by atoms with E-state index < -0.39 is 5.97 Å². The fourth-order valence-corrected chi connectivity index (χ4v) is 3.09. The van der Waals surface area contributed by atoms with E-state index in [-0.39, 0.29) is 24.4 Å². The van der Waals surface area contributed by atoms with Crippen molar-refractivity contribution in [3.63, 3.8) is 0 Å². The monoisotopic (exact) mass is 325 g/mol. The quantitative estimate of drug-likeness (QED) is 0.626. The molecule has 124 valence electrons. The number of carbonyl (C=O) groups excluding carboxylic acids is 2. The van der Waals surface area contributed by atoms with Gasteiger partial charge in [-0.1, -0.05) is 42.5 Å². The van der Waals surface area contributed by atoms with Crippen LogP contribution in [0.15, 0.2) is 54.6 Å². The summed E-state index contributed by atoms with van der Waals surface area (Å²) in [7, 11) is 2.93. The van der Waals surface area contributed by atoms with E-state index in [1.165, 1.54) is 7.11 Å². The van der Waals surface area contributed by atoms with Crippen molar-refractivity contribution >= 4 is 11.9 Å². The molecule has 1 amide bonds. The molecule has 1 fully saturated rings. The van der Waals surface area contributed by atoms with Crippen LogP contribution in [0, 0.1) is 0 Å². The lowest BCUT2D eigenvalue weighted by Crippen LogP contribution is -2.55. The zero-order valence-electron chi connectivity index (χ0n) is 13.6. The minimum Gasteiger partial charge on any atom is -0.497 e. The number of esters is 1. The number of benzene rings is 2. The number of hydrogen-bond acceptors (Lipinski definition) is 4. The van der Waals surface area contributed by atoms with Crippen molar-refractivity contribution in [3.05, 3.63) is 65.7 Å². The Bertz CT molecular complexity index is 727. The number of amides is 1. The molecule has 0 aliphatic carbocycles. The molecule has 2 aromatic rings. The number of β-lactam (4-membered cyclic amide) rings is 1. The van der Waals surface area contributed by atoms with Crippen molar-refractivity contribution in [1.82, 2.24) is 4.90 Å². The molecule has 0 aromatic heterocycles. The summed E-state index contributed by atoms with van der Waals surface area (Å²) in [4.78, 5) is 25.8. The van der Waals surface area contributed by atoms with E-state index in [1.807, 2.05) is 54.6 Å². The maximum absolute atomic E-state index is 12.6. The molecule has 3 rings (SSSR count). The highest BCUT2D eigenvalue weighted by Gasteiger charge is 2.49. The Kier molecular flexibility index (Phi) is 4.51. The molecular formula is C19H19NO4. The first-order chi connectivity index (χ1) is 11.7. The molecule has 24 heavy (non-hydrogen) atoms. The van der Waals surface area contributed by atoms with Gasteiger partial charge in [0, 0.05) is 0 Å². The van der Waals surface area contributed by atoms with Crippen LogP contribution in [0.25, 0.3) is 0 Å². The van der Waals surface area contributed by atoms with Crippen LogP contribution in [-0.2, 0) is 14.3 Å². The first kappa shape index (κ1) is 16.1. The van der Waals surface area contributed by atoms with Gasteiger partial charge in [-0.3, -0.25) is 9.59 Å². The van der Waals surface area contributed by atoms with Crippen LogP contribution in [-0.4, -0.2) is 37.5 Å². The van der Waals surface area contributed by atoms with Crippen molar-refractivity contribution in [2.75, 3.05) is 20.8 Å². The van der Waals surface area contributed by atoms with E-state index >= 15 is 0 Å². The summed E-state index contributed by atoms with van der Waals surface area (Å²) in [6, 6.07) is 17.0. The number of rotatable bonds is 5. The van der Waals surface area contributed by atoms with Crippen LogP contribution < -0.4 is 4.74 Å². The normalized spacial score (nSPS) is 19.6. The molecule has 0 saturated carbocycles. The second kappa shape index (κ2) is 6.74. The summed E-state index contributed by atoms with van der Waals surface area (Å²) in [6.07, 6.45) is 0. The van der Waals surface area contributed by atoms with Crippen LogP contribution in [0.1, 0.15) is 23.1 Å². The molecule has 5 nitrogen and oxygen atoms in total. The summed E-state index contributed by atoms with van der Waals surface area (Å²) in [5, 5.41) is 0. The Hall–Kier alpha value is -2.82. The fraction of sp³-hybridized carbons (Fsp3) is 0.263. The lowest BCUT2D eigenvalue weighted by Gasteiger charge is -2.47. The van der Waals surface area contributed by atoms with Crippen LogP contribution >= 0.6 is 0 Å². The minimum absolute atomic E-state index is 0.0463. The lowest BCUT2D eigenvalue weighted by molar-refractivity contribution is -0.159. The van der Waals surface area contributed by atoms with E-state index in [9.17, 15) is 9.59 Å². The van der Waals surface area contributed by atoms with Gasteiger partial charge in [-0.05, 0) is 23.3 Å². The van der Waals surface area contributed by atoms with Gasteiger partial charge in [0.25, 0.3) is 0 Å². The van der Waals surface area contributed by atoms with Crippen molar-refractivity contribution in [2.24, 2.45) is 0 Å². The highest BCUT2D eigenvalue weighted by molar-refractivity contribution is 5.94. The van der Waals surface area contributed by atoms with E-state index in [0.717, 1.165) is 16.9 Å². The Morgan fingerprint density at radius 2 is 1.67 bits per heavy atom. The molecule has 2 aromatic carbocycles. The van der Waals surface area contributed by atoms with Crippen molar-refractivity contribution in [2.45, 2.75) is 12.0 Å². The third-order valence-corrected chi connectivity index (χ3v) is 4.34. The van der Waals surface area contributed by atoms with Crippen LogP contribution in [0.3, 0.4) is 0 Å². The summed E-state index contributed by atoms with van der Waals surface area (Å²) in [5.41, 5.74) is 1.91. The number of likely N-dealkylation sites (tertiary alicyclic amines) is 1. The summed E-state index contributed by atoms with van der Waals surface area (Å²) < 4.78 is 9.90. The Morgan fingerprint density at radius 3 is 2.25 bits per heavy atom. The molecule has 1 saturated heterocycles. The van der Waals surface area contributed by atoms with Crippen molar-refractivity contribution < 1.29 is 19.1 Å². The number of nitrogens with zero attached hydrogens (tertiary/aromatic N) is 1. The third-order valence-electron chi connectivity index (χ3n) is 4.34. The van der Waals surface area contributed by atoms with Gasteiger partial charge in [-0.25, -0.2) is 0 Å². The molecule has 0 spiro atoms. The Balaban J connectivity index is 1.93. The first-order valence-corrected chi connectivity index (χ1v) is 7.72. The smallest absolute Gasteiger partial charge is 0.325 e. The summed E-state index contributed by atoms with van der Waals surface area (Å²) in [6.45, 7) is -0.0463. The molecule has 0 N–H and O–H groups in total. The molecule has 0 bridgehead atoms. The molecule has 1 aliphatic heterocycles. The highest BCUT2D eigenvalue weighted by atomic mass is 16.5. The average molecular weight is 325 g/mol. The van der Waals surface area contributed by atoms with E-state index in [1.54, 1.807) is 12.0 Å². The Morgan fingerprint density at radius 1 is 1.00 bits per heavy atom. The standard InChI is InChI=1S/C19H19NO4/c1-23-15-10-8-14(9-11-15)18-17(13-6-4-3-5-7-13)19(22)20(18)12-16(21)24-2/h3-11,17-18H,12H2,1-2H3/t17-,18-/m1/s1. The molecule has 0 unspecified atom stereocenters. The Labute approximate surface area is 140 Å². The number of carbonyl (C=O) groups is 2. The topological polar surface area (TPSA) is 55.8 Å². The second-order valence-corrected chi connectivity index (χ2v) is 5.65. The van der Waals surface area contributed by atoms with Crippen molar-refractivity contribution in [3.8, 4) is 5.75 Å². The minimum atomic E-state index is -0.423. The molecular weight excluding hydrogens is 306 g/mol. The number of hydrogen-bond donors (Lipinski definition) is 0.